The summed E-state index contributed by atoms with van der Waals surface area (Å²) in [4.78, 5) is 11.4. The highest BCUT2D eigenvalue weighted by Gasteiger charge is 2.22. The molecule has 0 atom stereocenters. The maximum absolute atomic E-state index is 5.62. The molecular formula is C25H36N6S. The Morgan fingerprint density at radius 2 is 1.72 bits per heavy atom. The summed E-state index contributed by atoms with van der Waals surface area (Å²) in [7, 11) is 2.09. The van der Waals surface area contributed by atoms with Crippen LogP contribution < -0.4 is 15.2 Å². The normalized spacial score (nSPS) is 17.1. The minimum Gasteiger partial charge on any atom is -0.372 e. The van der Waals surface area contributed by atoms with Crippen LogP contribution in [0.1, 0.15) is 51.3 Å². The fourth-order valence-electron chi connectivity index (χ4n) is 3.97. The zero-order valence-corrected chi connectivity index (χ0v) is 20.8. The zero-order valence-electron chi connectivity index (χ0n) is 20.0. The number of rotatable bonds is 3. The van der Waals surface area contributed by atoms with Crippen LogP contribution in [0, 0.1) is 0 Å². The highest BCUT2D eigenvalue weighted by Crippen LogP contribution is 2.24. The number of thiocarbonyl (C=S) groups is 1. The van der Waals surface area contributed by atoms with Crippen LogP contribution in [0.25, 0.3) is 0 Å². The summed E-state index contributed by atoms with van der Waals surface area (Å²) in [5.74, 6) is 0.563. The number of piperazine rings is 1. The molecule has 7 heteroatoms. The molecule has 0 bridgehead atoms. The lowest BCUT2D eigenvalue weighted by atomic mass is 10.0. The van der Waals surface area contributed by atoms with Gasteiger partial charge in [0, 0.05) is 58.1 Å². The lowest BCUT2D eigenvalue weighted by Gasteiger charge is -2.37. The molecule has 2 aliphatic heterocycles. The van der Waals surface area contributed by atoms with E-state index in [1.807, 2.05) is 26.1 Å². The number of nitrogens with zero attached hydrogens (tertiary/aromatic N) is 5. The molecule has 1 aromatic heterocycles. The highest BCUT2D eigenvalue weighted by molar-refractivity contribution is 7.80. The average molecular weight is 453 g/mol. The monoisotopic (exact) mass is 452 g/mol. The van der Waals surface area contributed by atoms with E-state index >= 15 is 0 Å². The van der Waals surface area contributed by atoms with Crippen molar-refractivity contribution in [1.29, 1.82) is 0 Å². The van der Waals surface area contributed by atoms with E-state index in [0.29, 0.717) is 11.0 Å². The Morgan fingerprint density at radius 1 is 1.03 bits per heavy atom. The van der Waals surface area contributed by atoms with Gasteiger partial charge in [-0.15, -0.1) is 0 Å². The van der Waals surface area contributed by atoms with Crippen LogP contribution in [0.3, 0.4) is 0 Å². The van der Waals surface area contributed by atoms with E-state index in [1.54, 1.807) is 0 Å². The standard InChI is InChI=1S/C23H30N6S.C2H6/c1-17(2)18-6-8-19(9-7-18)28-13-15-29(16-14-28)23(30)26-25-20-10-12-27(3)21-5-4-11-24-22(20)21;1-2/h4-9,11,17H,10,12-16H2,1-3H3,(H,26,30);1-2H3/b25-20-;. The molecule has 172 valence electrons. The van der Waals surface area contributed by atoms with Crippen LogP contribution in [0.15, 0.2) is 47.7 Å². The van der Waals surface area contributed by atoms with E-state index in [4.69, 9.17) is 12.2 Å². The van der Waals surface area contributed by atoms with Crippen molar-refractivity contribution in [3.05, 3.63) is 53.9 Å². The second-order valence-electron chi connectivity index (χ2n) is 8.24. The number of nitrogens with one attached hydrogen (secondary N) is 1. The van der Waals surface area contributed by atoms with E-state index in [-0.39, 0.29) is 0 Å². The van der Waals surface area contributed by atoms with Crippen LogP contribution >= 0.6 is 12.2 Å². The summed E-state index contributed by atoms with van der Waals surface area (Å²) < 4.78 is 0. The number of anilines is 2. The number of aromatic nitrogens is 1. The number of hydrogen-bond acceptors (Lipinski definition) is 5. The topological polar surface area (TPSA) is 47.0 Å². The van der Waals surface area contributed by atoms with Gasteiger partial charge in [-0.3, -0.25) is 10.4 Å². The minimum atomic E-state index is 0.563. The molecule has 0 amide bonds. The summed E-state index contributed by atoms with van der Waals surface area (Å²) in [6, 6.07) is 13.0. The maximum Gasteiger partial charge on any atom is 0.189 e. The van der Waals surface area contributed by atoms with Crippen LogP contribution in [-0.4, -0.2) is 60.5 Å². The first-order chi connectivity index (χ1) is 15.5. The van der Waals surface area contributed by atoms with E-state index in [2.05, 4.69) is 81.4 Å². The van der Waals surface area contributed by atoms with Crippen molar-refractivity contribution in [3.8, 4) is 0 Å². The SMILES string of the molecule is CC.CC(C)c1ccc(N2CCN(C(=S)N/N=C3/CCN(C)c4cccnc43)CC2)cc1. The minimum absolute atomic E-state index is 0.563. The molecule has 6 nitrogen and oxygen atoms in total. The summed E-state index contributed by atoms with van der Waals surface area (Å²) in [5, 5.41) is 5.31. The van der Waals surface area contributed by atoms with E-state index < -0.39 is 0 Å². The zero-order chi connectivity index (χ0) is 23.1. The molecule has 1 fully saturated rings. The maximum atomic E-state index is 5.62. The van der Waals surface area contributed by atoms with Crippen molar-refractivity contribution in [3.63, 3.8) is 0 Å². The van der Waals surface area contributed by atoms with Gasteiger partial charge in [0.15, 0.2) is 5.11 Å². The van der Waals surface area contributed by atoms with Gasteiger partial charge in [-0.25, -0.2) is 0 Å². The predicted octanol–water partition coefficient (Wildman–Crippen LogP) is 4.47. The summed E-state index contributed by atoms with van der Waals surface area (Å²) in [6.07, 6.45) is 2.68. The van der Waals surface area contributed by atoms with Gasteiger partial charge in [0.25, 0.3) is 0 Å². The second-order valence-corrected chi connectivity index (χ2v) is 8.63. The largest absolute Gasteiger partial charge is 0.372 e. The van der Waals surface area contributed by atoms with Crippen molar-refractivity contribution in [1.82, 2.24) is 15.3 Å². The first kappa shape index (κ1) is 24.0. The first-order valence-corrected chi connectivity index (χ1v) is 12.1. The van der Waals surface area contributed by atoms with Gasteiger partial charge in [0.05, 0.1) is 11.4 Å². The molecule has 2 aromatic rings. The molecule has 0 spiro atoms. The average Bonchev–Trinajstić information content (AvgIpc) is 2.85. The van der Waals surface area contributed by atoms with Crippen molar-refractivity contribution in [2.24, 2.45) is 5.10 Å². The molecule has 0 aliphatic carbocycles. The lowest BCUT2D eigenvalue weighted by molar-refractivity contribution is 0.381. The fourth-order valence-corrected chi connectivity index (χ4v) is 4.20. The Morgan fingerprint density at radius 3 is 2.38 bits per heavy atom. The van der Waals surface area contributed by atoms with Gasteiger partial charge in [0.1, 0.15) is 5.69 Å². The van der Waals surface area contributed by atoms with Crippen molar-refractivity contribution >= 4 is 34.4 Å². The Hall–Kier alpha value is -2.67. The fraction of sp³-hybridized carbons (Fsp3) is 0.480. The van der Waals surface area contributed by atoms with Gasteiger partial charge < -0.3 is 14.7 Å². The highest BCUT2D eigenvalue weighted by atomic mass is 32.1. The van der Waals surface area contributed by atoms with Gasteiger partial charge in [-0.1, -0.05) is 39.8 Å². The number of benzene rings is 1. The van der Waals surface area contributed by atoms with Crippen LogP contribution in [-0.2, 0) is 0 Å². The number of hydrazone groups is 1. The van der Waals surface area contributed by atoms with Crippen molar-refractivity contribution < 1.29 is 0 Å². The lowest BCUT2D eigenvalue weighted by Crippen LogP contribution is -2.51. The molecule has 4 rings (SSSR count). The van der Waals surface area contributed by atoms with E-state index in [9.17, 15) is 0 Å². The Kier molecular flexibility index (Phi) is 8.45. The quantitative estimate of drug-likeness (QED) is 0.548. The third-order valence-electron chi connectivity index (χ3n) is 5.93. The molecule has 0 unspecified atom stereocenters. The third kappa shape index (κ3) is 5.57. The molecule has 0 saturated carbocycles. The van der Waals surface area contributed by atoms with Gasteiger partial charge in [-0.2, -0.15) is 5.10 Å². The van der Waals surface area contributed by atoms with Crippen LogP contribution in [0.4, 0.5) is 11.4 Å². The summed E-state index contributed by atoms with van der Waals surface area (Å²) in [5.41, 5.74) is 8.81. The number of pyridine rings is 1. The van der Waals surface area contributed by atoms with Gasteiger partial charge >= 0.3 is 0 Å². The summed E-state index contributed by atoms with van der Waals surface area (Å²) in [6.45, 7) is 13.1. The molecule has 1 N–H and O–H groups in total. The smallest absolute Gasteiger partial charge is 0.189 e. The number of hydrogen-bond donors (Lipinski definition) is 1. The van der Waals surface area contributed by atoms with Crippen LogP contribution in [0.2, 0.25) is 0 Å². The van der Waals surface area contributed by atoms with E-state index in [0.717, 1.165) is 56.2 Å². The molecule has 0 radical (unpaired) electrons. The van der Waals surface area contributed by atoms with Crippen LogP contribution in [0.5, 0.6) is 0 Å². The Bertz CT molecular complexity index is 916. The Balaban J connectivity index is 0.00000141. The number of fused-ring (bicyclic) bond motifs is 1. The molecular weight excluding hydrogens is 416 g/mol. The van der Waals surface area contributed by atoms with Crippen molar-refractivity contribution in [2.75, 3.05) is 49.6 Å². The van der Waals surface area contributed by atoms with Gasteiger partial charge in [-0.05, 0) is 48.0 Å². The molecule has 2 aliphatic rings. The molecule has 1 aromatic carbocycles. The molecule has 1 saturated heterocycles. The Labute approximate surface area is 198 Å². The third-order valence-corrected chi connectivity index (χ3v) is 6.28. The van der Waals surface area contributed by atoms with Gasteiger partial charge in [0.2, 0.25) is 0 Å². The molecule has 3 heterocycles. The van der Waals surface area contributed by atoms with Crippen molar-refractivity contribution in [2.45, 2.75) is 40.0 Å². The second kappa shape index (κ2) is 11.3. The summed E-state index contributed by atoms with van der Waals surface area (Å²) >= 11 is 5.62. The first-order valence-electron chi connectivity index (χ1n) is 11.7. The predicted molar refractivity (Wildman–Crippen MR) is 140 cm³/mol. The molecule has 32 heavy (non-hydrogen) atoms. The van der Waals surface area contributed by atoms with E-state index in [1.165, 1.54) is 11.3 Å².